The molecule has 1 aromatic carbocycles. The van der Waals surface area contributed by atoms with Gasteiger partial charge in [-0.2, -0.15) is 9.50 Å². The van der Waals surface area contributed by atoms with Crippen LogP contribution in [0.25, 0.3) is 11.9 Å². The Balaban J connectivity index is 1.93. The molecule has 0 aliphatic carbocycles. The van der Waals surface area contributed by atoms with Gasteiger partial charge in [0, 0.05) is 5.56 Å². The zero-order chi connectivity index (χ0) is 15.5. The number of fused-ring (bicyclic) bond motifs is 1. The number of nitrogens with one attached hydrogen (secondary N) is 1. The number of H-pyrrole nitrogens is 1. The summed E-state index contributed by atoms with van der Waals surface area (Å²) in [5.74, 6) is 0.419. The Morgan fingerprint density at radius 3 is 2.77 bits per heavy atom. The zero-order valence-electron chi connectivity index (χ0n) is 12.4. The predicted molar refractivity (Wildman–Crippen MR) is 89.3 cm³/mol. The van der Waals surface area contributed by atoms with E-state index in [2.05, 4.69) is 15.1 Å². The minimum Gasteiger partial charge on any atom is -0.267 e. The van der Waals surface area contributed by atoms with Crippen LogP contribution in [0.2, 0.25) is 0 Å². The lowest BCUT2D eigenvalue weighted by atomic mass is 10.1. The number of thioether (sulfide) groups is 1. The molecular formula is C16H16N4OS. The highest BCUT2D eigenvalue weighted by Gasteiger charge is 2.11. The van der Waals surface area contributed by atoms with E-state index in [0.717, 1.165) is 11.3 Å². The summed E-state index contributed by atoms with van der Waals surface area (Å²) in [7, 11) is 0. The molecule has 0 saturated heterocycles. The molecule has 22 heavy (non-hydrogen) atoms. The van der Waals surface area contributed by atoms with Crippen LogP contribution in [-0.2, 0) is 6.42 Å². The molecule has 3 rings (SSSR count). The van der Waals surface area contributed by atoms with Crippen LogP contribution in [-0.4, -0.2) is 25.8 Å². The van der Waals surface area contributed by atoms with Crippen molar-refractivity contribution in [1.82, 2.24) is 19.6 Å². The van der Waals surface area contributed by atoms with E-state index in [1.54, 1.807) is 0 Å². The van der Waals surface area contributed by atoms with Crippen molar-refractivity contribution in [3.63, 3.8) is 0 Å². The lowest BCUT2D eigenvalue weighted by Crippen LogP contribution is -2.21. The van der Waals surface area contributed by atoms with E-state index in [1.807, 2.05) is 55.7 Å². The van der Waals surface area contributed by atoms with Crippen molar-refractivity contribution in [1.29, 1.82) is 0 Å². The van der Waals surface area contributed by atoms with Crippen LogP contribution in [0.3, 0.4) is 0 Å². The van der Waals surface area contributed by atoms with Gasteiger partial charge in [-0.15, -0.1) is 0 Å². The molecule has 2 aromatic heterocycles. The zero-order valence-corrected chi connectivity index (χ0v) is 13.2. The van der Waals surface area contributed by atoms with Crippen molar-refractivity contribution in [3.8, 4) is 0 Å². The van der Waals surface area contributed by atoms with Crippen LogP contribution in [0, 0.1) is 6.92 Å². The first-order valence-electron chi connectivity index (χ1n) is 6.93. The highest BCUT2D eigenvalue weighted by Crippen LogP contribution is 2.10. The molecule has 0 saturated carbocycles. The third kappa shape index (κ3) is 2.82. The summed E-state index contributed by atoms with van der Waals surface area (Å²) in [6.07, 6.45) is 6.44. The quantitative estimate of drug-likeness (QED) is 0.752. The van der Waals surface area contributed by atoms with Gasteiger partial charge in [0.2, 0.25) is 0 Å². The van der Waals surface area contributed by atoms with E-state index in [4.69, 9.17) is 0 Å². The van der Waals surface area contributed by atoms with Gasteiger partial charge < -0.3 is 0 Å². The molecule has 0 spiro atoms. The number of rotatable bonds is 4. The Morgan fingerprint density at radius 2 is 2.05 bits per heavy atom. The molecule has 0 fully saturated rings. The van der Waals surface area contributed by atoms with Gasteiger partial charge in [-0.1, -0.05) is 54.2 Å². The molecule has 112 valence electrons. The Kier molecular flexibility index (Phi) is 4.11. The summed E-state index contributed by atoms with van der Waals surface area (Å²) in [6, 6.07) is 10.0. The van der Waals surface area contributed by atoms with Crippen LogP contribution in [0.1, 0.15) is 16.8 Å². The SMILES string of the molecule is CSc1nc2nc(C)c(CC=Cc3ccccc3)c(=O)n2[nH]1. The molecule has 1 N–H and O–H groups in total. The number of benzene rings is 1. The highest BCUT2D eigenvalue weighted by atomic mass is 32.2. The fourth-order valence-electron chi connectivity index (χ4n) is 2.24. The largest absolute Gasteiger partial charge is 0.277 e. The van der Waals surface area contributed by atoms with Gasteiger partial charge in [-0.3, -0.25) is 9.89 Å². The predicted octanol–water partition coefficient (Wildman–Crippen LogP) is 2.70. The van der Waals surface area contributed by atoms with Crippen molar-refractivity contribution < 1.29 is 0 Å². The second kappa shape index (κ2) is 6.19. The number of aromatic amines is 1. The Morgan fingerprint density at radius 1 is 1.27 bits per heavy atom. The summed E-state index contributed by atoms with van der Waals surface area (Å²) in [5.41, 5.74) is 2.43. The van der Waals surface area contributed by atoms with E-state index in [0.29, 0.717) is 22.9 Å². The van der Waals surface area contributed by atoms with Gasteiger partial charge in [0.25, 0.3) is 11.3 Å². The van der Waals surface area contributed by atoms with Crippen LogP contribution < -0.4 is 5.56 Å². The maximum absolute atomic E-state index is 12.5. The third-order valence-corrected chi connectivity index (χ3v) is 3.97. The second-order valence-electron chi connectivity index (χ2n) is 4.87. The maximum Gasteiger partial charge on any atom is 0.277 e. The molecule has 6 heteroatoms. The Hall–Kier alpha value is -2.34. The molecule has 0 amide bonds. The number of aromatic nitrogens is 4. The van der Waals surface area contributed by atoms with E-state index < -0.39 is 0 Å². The number of hydrogen-bond acceptors (Lipinski definition) is 4. The lowest BCUT2D eigenvalue weighted by molar-refractivity contribution is 0.828. The summed E-state index contributed by atoms with van der Waals surface area (Å²) < 4.78 is 1.41. The van der Waals surface area contributed by atoms with E-state index in [1.165, 1.54) is 16.3 Å². The third-order valence-electron chi connectivity index (χ3n) is 3.40. The van der Waals surface area contributed by atoms with Gasteiger partial charge in [0.1, 0.15) is 0 Å². The van der Waals surface area contributed by atoms with Gasteiger partial charge >= 0.3 is 0 Å². The van der Waals surface area contributed by atoms with Crippen LogP contribution >= 0.6 is 11.8 Å². The molecular weight excluding hydrogens is 296 g/mol. The average Bonchev–Trinajstić information content (AvgIpc) is 2.95. The molecule has 0 aliphatic rings. The maximum atomic E-state index is 12.5. The van der Waals surface area contributed by atoms with Gasteiger partial charge in [-0.25, -0.2) is 4.98 Å². The minimum absolute atomic E-state index is 0.0898. The fourth-order valence-corrected chi connectivity index (χ4v) is 2.59. The Bertz CT molecular complexity index is 880. The van der Waals surface area contributed by atoms with Crippen LogP contribution in [0.15, 0.2) is 46.4 Å². The van der Waals surface area contributed by atoms with Crippen LogP contribution in [0.5, 0.6) is 0 Å². The average molecular weight is 312 g/mol. The summed E-state index contributed by atoms with van der Waals surface area (Å²) in [6.45, 7) is 1.85. The standard InChI is InChI=1S/C16H16N4OS/c1-11-13(10-6-9-12-7-4-3-5-8-12)14(21)20-15(17-11)18-16(19-20)22-2/h3-9H,10H2,1-2H3,(H,17,18,19). The molecule has 2 heterocycles. The topological polar surface area (TPSA) is 63.1 Å². The first-order chi connectivity index (χ1) is 10.7. The molecule has 0 aliphatic heterocycles. The summed E-state index contributed by atoms with van der Waals surface area (Å²) in [5, 5.41) is 3.64. The van der Waals surface area contributed by atoms with E-state index >= 15 is 0 Å². The summed E-state index contributed by atoms with van der Waals surface area (Å²) >= 11 is 1.45. The first-order valence-corrected chi connectivity index (χ1v) is 8.15. The molecule has 3 aromatic rings. The number of aryl methyl sites for hydroxylation is 1. The molecule has 0 radical (unpaired) electrons. The molecule has 0 bridgehead atoms. The van der Waals surface area contributed by atoms with Crippen molar-refractivity contribution in [2.24, 2.45) is 0 Å². The van der Waals surface area contributed by atoms with E-state index in [-0.39, 0.29) is 5.56 Å². The summed E-state index contributed by atoms with van der Waals surface area (Å²) in [4.78, 5) is 21.2. The van der Waals surface area contributed by atoms with Crippen molar-refractivity contribution in [2.45, 2.75) is 18.5 Å². The highest BCUT2D eigenvalue weighted by molar-refractivity contribution is 7.98. The second-order valence-corrected chi connectivity index (χ2v) is 5.66. The van der Waals surface area contributed by atoms with E-state index in [9.17, 15) is 4.79 Å². The minimum atomic E-state index is -0.0898. The van der Waals surface area contributed by atoms with Crippen LogP contribution in [0.4, 0.5) is 0 Å². The molecule has 0 unspecified atom stereocenters. The first kappa shape index (κ1) is 14.6. The van der Waals surface area contributed by atoms with Gasteiger partial charge in [0.05, 0.1) is 5.69 Å². The van der Waals surface area contributed by atoms with Gasteiger partial charge in [0.15, 0.2) is 5.16 Å². The molecule has 0 atom stereocenters. The number of allylic oxidation sites excluding steroid dienone is 1. The Labute approximate surface area is 132 Å². The normalized spacial score (nSPS) is 11.5. The number of hydrogen-bond donors (Lipinski definition) is 1. The number of nitrogens with zero attached hydrogens (tertiary/aromatic N) is 3. The lowest BCUT2D eigenvalue weighted by Gasteiger charge is -2.01. The fraction of sp³-hybridized carbons (Fsp3) is 0.188. The van der Waals surface area contributed by atoms with Crippen molar-refractivity contribution in [2.75, 3.05) is 6.26 Å². The van der Waals surface area contributed by atoms with Crippen molar-refractivity contribution in [3.05, 3.63) is 63.6 Å². The smallest absolute Gasteiger partial charge is 0.267 e. The monoisotopic (exact) mass is 312 g/mol. The van der Waals surface area contributed by atoms with Gasteiger partial charge in [-0.05, 0) is 25.2 Å². The molecule has 5 nitrogen and oxygen atoms in total. The van der Waals surface area contributed by atoms with Crippen molar-refractivity contribution >= 4 is 23.6 Å².